The van der Waals surface area contributed by atoms with Crippen molar-refractivity contribution < 1.29 is 9.53 Å². The lowest BCUT2D eigenvalue weighted by molar-refractivity contribution is -0.145. The van der Waals surface area contributed by atoms with Crippen molar-refractivity contribution in [2.75, 3.05) is 0 Å². The number of ether oxygens (including phenoxy) is 1. The van der Waals surface area contributed by atoms with E-state index in [1.807, 2.05) is 58.0 Å². The Bertz CT molecular complexity index is 278. The topological polar surface area (TPSA) is 26.3 Å². The molecule has 2 nitrogen and oxygen atoms in total. The molecule has 0 fully saturated rings. The summed E-state index contributed by atoms with van der Waals surface area (Å²) in [6.07, 6.45) is 0.493. The van der Waals surface area contributed by atoms with Crippen LogP contribution in [0.15, 0.2) is 30.3 Å². The van der Waals surface area contributed by atoms with Crippen LogP contribution < -0.4 is 0 Å². The molecule has 90 valence electrons. The van der Waals surface area contributed by atoms with E-state index in [0.29, 0.717) is 18.9 Å². The predicted molar refractivity (Wildman–Crippen MR) is 67.0 cm³/mol. The Kier molecular flexibility index (Phi) is 8.22. The highest BCUT2D eigenvalue weighted by Gasteiger charge is 2.05. The van der Waals surface area contributed by atoms with E-state index in [0.717, 1.165) is 5.56 Å². The second-order valence-electron chi connectivity index (χ2n) is 3.74. The zero-order valence-corrected chi connectivity index (χ0v) is 10.7. The van der Waals surface area contributed by atoms with E-state index in [1.54, 1.807) is 0 Å². The fourth-order valence-corrected chi connectivity index (χ4v) is 1.13. The molecule has 16 heavy (non-hydrogen) atoms. The molecule has 0 aromatic heterocycles. The van der Waals surface area contributed by atoms with E-state index < -0.39 is 0 Å². The van der Waals surface area contributed by atoms with Gasteiger partial charge in [0.05, 0.1) is 0 Å². The summed E-state index contributed by atoms with van der Waals surface area (Å²) in [5, 5.41) is 0. The summed E-state index contributed by atoms with van der Waals surface area (Å²) in [5.74, 6) is 0.238. The normalized spacial score (nSPS) is 9.31. The minimum atomic E-state index is -0.121. The second kappa shape index (κ2) is 8.96. The third kappa shape index (κ3) is 7.04. The van der Waals surface area contributed by atoms with Crippen molar-refractivity contribution >= 4 is 5.97 Å². The van der Waals surface area contributed by atoms with Crippen LogP contribution in [0.5, 0.6) is 0 Å². The molecule has 0 aliphatic rings. The fraction of sp³-hybridized carbons (Fsp3) is 0.500. The van der Waals surface area contributed by atoms with Crippen LogP contribution in [0.3, 0.4) is 0 Å². The predicted octanol–water partition coefficient (Wildman–Crippen LogP) is 3.80. The highest BCUT2D eigenvalue weighted by atomic mass is 16.5. The summed E-state index contributed by atoms with van der Waals surface area (Å²) in [4.78, 5) is 11.2. The highest BCUT2D eigenvalue weighted by molar-refractivity contribution is 5.69. The van der Waals surface area contributed by atoms with Gasteiger partial charge in [0.1, 0.15) is 6.61 Å². The largest absolute Gasteiger partial charge is 0.461 e. The van der Waals surface area contributed by atoms with Crippen LogP contribution >= 0.6 is 0 Å². The van der Waals surface area contributed by atoms with Crippen LogP contribution in [0.4, 0.5) is 0 Å². The molecule has 0 unspecified atom stereocenters. The molecule has 1 aromatic rings. The van der Waals surface area contributed by atoms with Gasteiger partial charge in [-0.2, -0.15) is 0 Å². The third-order valence-electron chi connectivity index (χ3n) is 1.82. The molecule has 0 radical (unpaired) electrons. The third-order valence-corrected chi connectivity index (χ3v) is 1.82. The van der Waals surface area contributed by atoms with Crippen LogP contribution in [-0.4, -0.2) is 5.97 Å². The van der Waals surface area contributed by atoms with Crippen LogP contribution in [-0.2, 0) is 16.1 Å². The minimum absolute atomic E-state index is 0.121. The van der Waals surface area contributed by atoms with Crippen LogP contribution in [0.25, 0.3) is 0 Å². The zero-order chi connectivity index (χ0) is 12.4. The van der Waals surface area contributed by atoms with Gasteiger partial charge in [0.15, 0.2) is 0 Å². The van der Waals surface area contributed by atoms with Crippen LogP contribution in [0.2, 0.25) is 0 Å². The minimum Gasteiger partial charge on any atom is -0.461 e. The standard InChI is InChI=1S/C12H16O2.C2H6/c1-10(2)8-12(13)14-9-11-6-4-3-5-7-11;1-2/h3-7,10H,8-9H2,1-2H3;1-2H3. The van der Waals surface area contributed by atoms with Gasteiger partial charge in [0.2, 0.25) is 0 Å². The van der Waals surface area contributed by atoms with E-state index in [-0.39, 0.29) is 5.97 Å². The maximum Gasteiger partial charge on any atom is 0.306 e. The first-order valence-electron chi connectivity index (χ1n) is 5.88. The number of esters is 1. The van der Waals surface area contributed by atoms with E-state index in [2.05, 4.69) is 0 Å². The molecule has 1 aromatic carbocycles. The molecule has 0 heterocycles. The van der Waals surface area contributed by atoms with Crippen molar-refractivity contribution in [1.29, 1.82) is 0 Å². The number of rotatable bonds is 4. The number of carbonyl (C=O) groups excluding carboxylic acids is 1. The lowest BCUT2D eigenvalue weighted by Gasteiger charge is -2.06. The van der Waals surface area contributed by atoms with E-state index in [9.17, 15) is 4.79 Å². The summed E-state index contributed by atoms with van der Waals surface area (Å²) in [6.45, 7) is 8.39. The molecule has 0 saturated carbocycles. The summed E-state index contributed by atoms with van der Waals surface area (Å²) < 4.78 is 5.10. The summed E-state index contributed by atoms with van der Waals surface area (Å²) in [6, 6.07) is 9.71. The molecular formula is C14H22O2. The average molecular weight is 222 g/mol. The Morgan fingerprint density at radius 2 is 1.75 bits per heavy atom. The Balaban J connectivity index is 0.00000106. The van der Waals surface area contributed by atoms with Gasteiger partial charge in [-0.05, 0) is 11.5 Å². The number of benzene rings is 1. The van der Waals surface area contributed by atoms with Gasteiger partial charge in [0, 0.05) is 6.42 Å². The van der Waals surface area contributed by atoms with Crippen molar-refractivity contribution in [3.8, 4) is 0 Å². The lowest BCUT2D eigenvalue weighted by atomic mass is 10.1. The summed E-state index contributed by atoms with van der Waals surface area (Å²) >= 11 is 0. The maximum absolute atomic E-state index is 11.2. The Morgan fingerprint density at radius 1 is 1.19 bits per heavy atom. The molecule has 0 N–H and O–H groups in total. The Morgan fingerprint density at radius 3 is 2.25 bits per heavy atom. The molecule has 0 aliphatic carbocycles. The molecular weight excluding hydrogens is 200 g/mol. The van der Waals surface area contributed by atoms with Gasteiger partial charge >= 0.3 is 5.97 Å². The molecule has 0 spiro atoms. The average Bonchev–Trinajstić information content (AvgIpc) is 2.30. The summed E-state index contributed by atoms with van der Waals surface area (Å²) in [5.41, 5.74) is 1.03. The quantitative estimate of drug-likeness (QED) is 0.724. The first-order valence-corrected chi connectivity index (χ1v) is 5.88. The molecule has 0 bridgehead atoms. The van der Waals surface area contributed by atoms with Crippen LogP contribution in [0, 0.1) is 5.92 Å². The lowest BCUT2D eigenvalue weighted by Crippen LogP contribution is -2.07. The maximum atomic E-state index is 11.2. The molecule has 0 atom stereocenters. The monoisotopic (exact) mass is 222 g/mol. The van der Waals surface area contributed by atoms with Gasteiger partial charge in [0.25, 0.3) is 0 Å². The van der Waals surface area contributed by atoms with Crippen molar-refractivity contribution in [2.45, 2.75) is 40.7 Å². The van der Waals surface area contributed by atoms with Crippen molar-refractivity contribution in [1.82, 2.24) is 0 Å². The first kappa shape index (κ1) is 14.7. The number of hydrogen-bond donors (Lipinski definition) is 0. The number of carbonyl (C=O) groups is 1. The van der Waals surface area contributed by atoms with E-state index in [4.69, 9.17) is 4.74 Å². The molecule has 0 saturated heterocycles. The van der Waals surface area contributed by atoms with Crippen molar-refractivity contribution in [3.05, 3.63) is 35.9 Å². The smallest absolute Gasteiger partial charge is 0.306 e. The van der Waals surface area contributed by atoms with Crippen molar-refractivity contribution in [3.63, 3.8) is 0 Å². The van der Waals surface area contributed by atoms with Gasteiger partial charge < -0.3 is 4.74 Å². The highest BCUT2D eigenvalue weighted by Crippen LogP contribution is 2.05. The summed E-state index contributed by atoms with van der Waals surface area (Å²) in [7, 11) is 0. The van der Waals surface area contributed by atoms with E-state index >= 15 is 0 Å². The molecule has 0 amide bonds. The van der Waals surface area contributed by atoms with Crippen molar-refractivity contribution in [2.24, 2.45) is 5.92 Å². The van der Waals surface area contributed by atoms with Gasteiger partial charge in [-0.3, -0.25) is 4.79 Å². The second-order valence-corrected chi connectivity index (χ2v) is 3.74. The number of hydrogen-bond acceptors (Lipinski definition) is 2. The molecule has 1 rings (SSSR count). The SMILES string of the molecule is CC.CC(C)CC(=O)OCc1ccccc1. The van der Waals surface area contributed by atoms with Gasteiger partial charge in [-0.15, -0.1) is 0 Å². The Labute approximate surface area is 98.6 Å². The fourth-order valence-electron chi connectivity index (χ4n) is 1.13. The van der Waals surface area contributed by atoms with Gasteiger partial charge in [-0.25, -0.2) is 0 Å². The first-order chi connectivity index (χ1) is 7.68. The molecule has 0 aliphatic heterocycles. The zero-order valence-electron chi connectivity index (χ0n) is 10.7. The Hall–Kier alpha value is -1.31. The van der Waals surface area contributed by atoms with E-state index in [1.165, 1.54) is 0 Å². The molecule has 2 heteroatoms. The van der Waals surface area contributed by atoms with Crippen LogP contribution in [0.1, 0.15) is 39.7 Å². The van der Waals surface area contributed by atoms with Gasteiger partial charge in [-0.1, -0.05) is 58.0 Å².